The fourth-order valence-corrected chi connectivity index (χ4v) is 3.40. The third-order valence-electron chi connectivity index (χ3n) is 4.46. The quantitative estimate of drug-likeness (QED) is 0.886. The van der Waals surface area contributed by atoms with Gasteiger partial charge in [0.15, 0.2) is 0 Å². The number of aryl methyl sites for hydroxylation is 1. The maximum absolute atomic E-state index is 4.43. The molecule has 6 heteroatoms. The summed E-state index contributed by atoms with van der Waals surface area (Å²) in [6.07, 6.45) is 6.72. The van der Waals surface area contributed by atoms with Gasteiger partial charge in [-0.25, -0.2) is 0 Å². The van der Waals surface area contributed by atoms with Crippen LogP contribution in [-0.2, 0) is 13.1 Å². The SMILES string of the molecule is CCCn1cc(CN2CCC(N3CCNCC3)C2)cn1.Cl. The van der Waals surface area contributed by atoms with Gasteiger partial charge in [-0.1, -0.05) is 6.92 Å². The summed E-state index contributed by atoms with van der Waals surface area (Å²) in [5, 5.41) is 7.87. The minimum Gasteiger partial charge on any atom is -0.314 e. The minimum absolute atomic E-state index is 0. The second-order valence-corrected chi connectivity index (χ2v) is 6.08. The predicted octanol–water partition coefficient (Wildman–Crippen LogP) is 1.19. The van der Waals surface area contributed by atoms with E-state index in [0.717, 1.165) is 38.6 Å². The molecule has 0 spiro atoms. The maximum atomic E-state index is 4.43. The number of rotatable bonds is 5. The van der Waals surface area contributed by atoms with E-state index in [9.17, 15) is 0 Å². The Morgan fingerprint density at radius 1 is 1.29 bits per heavy atom. The van der Waals surface area contributed by atoms with Crippen LogP contribution in [0, 0.1) is 0 Å². The Morgan fingerprint density at radius 2 is 2.10 bits per heavy atom. The Labute approximate surface area is 134 Å². The van der Waals surface area contributed by atoms with Crippen molar-refractivity contribution in [2.45, 2.75) is 38.9 Å². The molecule has 0 aromatic carbocycles. The topological polar surface area (TPSA) is 36.3 Å². The van der Waals surface area contributed by atoms with Gasteiger partial charge in [-0.2, -0.15) is 5.10 Å². The second-order valence-electron chi connectivity index (χ2n) is 6.08. The van der Waals surface area contributed by atoms with E-state index in [4.69, 9.17) is 0 Å². The highest BCUT2D eigenvalue weighted by molar-refractivity contribution is 5.85. The molecule has 2 aliphatic rings. The molecule has 1 aromatic rings. The van der Waals surface area contributed by atoms with Gasteiger partial charge in [0.1, 0.15) is 0 Å². The van der Waals surface area contributed by atoms with Crippen molar-refractivity contribution in [2.24, 2.45) is 0 Å². The van der Waals surface area contributed by atoms with Crippen LogP contribution in [0.3, 0.4) is 0 Å². The number of hydrogen-bond donors (Lipinski definition) is 1. The summed E-state index contributed by atoms with van der Waals surface area (Å²) in [7, 11) is 0. The zero-order valence-electron chi connectivity index (χ0n) is 13.0. The molecule has 1 aromatic heterocycles. The van der Waals surface area contributed by atoms with E-state index in [1.807, 2.05) is 6.20 Å². The number of likely N-dealkylation sites (tertiary alicyclic amines) is 1. The molecule has 0 radical (unpaired) electrons. The molecule has 0 aliphatic carbocycles. The van der Waals surface area contributed by atoms with Gasteiger partial charge in [-0.15, -0.1) is 12.4 Å². The standard InChI is InChI=1S/C15H27N5.ClH/c1-2-6-20-12-14(10-17-20)11-18-7-3-15(13-18)19-8-4-16-5-9-19;/h10,12,15-16H,2-9,11,13H2,1H3;1H. The maximum Gasteiger partial charge on any atom is 0.0534 e. The third kappa shape index (κ3) is 4.42. The van der Waals surface area contributed by atoms with Crippen LogP contribution in [0.2, 0.25) is 0 Å². The number of aromatic nitrogens is 2. The van der Waals surface area contributed by atoms with Gasteiger partial charge in [0, 0.05) is 70.2 Å². The largest absolute Gasteiger partial charge is 0.314 e. The van der Waals surface area contributed by atoms with Gasteiger partial charge in [-0.05, 0) is 12.8 Å². The molecule has 0 bridgehead atoms. The molecule has 21 heavy (non-hydrogen) atoms. The van der Waals surface area contributed by atoms with Gasteiger partial charge in [0.2, 0.25) is 0 Å². The zero-order valence-corrected chi connectivity index (χ0v) is 13.8. The Morgan fingerprint density at radius 3 is 2.86 bits per heavy atom. The number of piperazine rings is 1. The van der Waals surface area contributed by atoms with Crippen LogP contribution in [0.5, 0.6) is 0 Å². The van der Waals surface area contributed by atoms with Crippen LogP contribution in [0.25, 0.3) is 0 Å². The highest BCUT2D eigenvalue weighted by Crippen LogP contribution is 2.18. The van der Waals surface area contributed by atoms with Crippen LogP contribution in [0.15, 0.2) is 12.4 Å². The van der Waals surface area contributed by atoms with E-state index < -0.39 is 0 Å². The summed E-state index contributed by atoms with van der Waals surface area (Å²) in [6, 6.07) is 0.766. The van der Waals surface area contributed by atoms with Crippen LogP contribution >= 0.6 is 12.4 Å². The molecule has 120 valence electrons. The van der Waals surface area contributed by atoms with E-state index in [2.05, 4.69) is 38.0 Å². The number of nitrogens with zero attached hydrogens (tertiary/aromatic N) is 4. The molecule has 1 unspecified atom stereocenters. The fourth-order valence-electron chi connectivity index (χ4n) is 3.40. The number of hydrogen-bond acceptors (Lipinski definition) is 4. The van der Waals surface area contributed by atoms with Crippen LogP contribution in [0.1, 0.15) is 25.3 Å². The Kier molecular flexibility index (Phi) is 6.48. The Hall–Kier alpha value is -0.620. The van der Waals surface area contributed by atoms with Crippen molar-refractivity contribution < 1.29 is 0 Å². The summed E-state index contributed by atoms with van der Waals surface area (Å²) < 4.78 is 2.07. The minimum atomic E-state index is 0. The first-order valence-electron chi connectivity index (χ1n) is 8.03. The lowest BCUT2D eigenvalue weighted by Crippen LogP contribution is -2.49. The predicted molar refractivity (Wildman–Crippen MR) is 87.9 cm³/mol. The van der Waals surface area contributed by atoms with Gasteiger partial charge in [-0.3, -0.25) is 14.5 Å². The number of halogens is 1. The van der Waals surface area contributed by atoms with E-state index >= 15 is 0 Å². The first-order chi connectivity index (χ1) is 9.85. The molecular formula is C15H28ClN5. The van der Waals surface area contributed by atoms with E-state index in [0.29, 0.717) is 0 Å². The molecule has 3 rings (SSSR count). The molecule has 2 aliphatic heterocycles. The van der Waals surface area contributed by atoms with Crippen molar-refractivity contribution in [3.8, 4) is 0 Å². The van der Waals surface area contributed by atoms with Crippen molar-refractivity contribution in [3.05, 3.63) is 18.0 Å². The van der Waals surface area contributed by atoms with Crippen LogP contribution < -0.4 is 5.32 Å². The Bertz CT molecular complexity index is 416. The highest BCUT2D eigenvalue weighted by Gasteiger charge is 2.28. The lowest BCUT2D eigenvalue weighted by atomic mass is 10.2. The summed E-state index contributed by atoms with van der Waals surface area (Å²) >= 11 is 0. The van der Waals surface area contributed by atoms with Crippen molar-refractivity contribution in [1.29, 1.82) is 0 Å². The van der Waals surface area contributed by atoms with E-state index in [-0.39, 0.29) is 12.4 Å². The average molecular weight is 314 g/mol. The summed E-state index contributed by atoms with van der Waals surface area (Å²) in [4.78, 5) is 5.25. The van der Waals surface area contributed by atoms with Crippen molar-refractivity contribution in [3.63, 3.8) is 0 Å². The monoisotopic (exact) mass is 313 g/mol. The fraction of sp³-hybridized carbons (Fsp3) is 0.800. The smallest absolute Gasteiger partial charge is 0.0534 e. The lowest BCUT2D eigenvalue weighted by Gasteiger charge is -2.32. The lowest BCUT2D eigenvalue weighted by molar-refractivity contribution is 0.170. The van der Waals surface area contributed by atoms with Crippen LogP contribution in [0.4, 0.5) is 0 Å². The first-order valence-corrected chi connectivity index (χ1v) is 8.03. The summed E-state index contributed by atoms with van der Waals surface area (Å²) in [6.45, 7) is 11.5. The molecule has 0 amide bonds. The van der Waals surface area contributed by atoms with Gasteiger partial charge in [0.05, 0.1) is 6.20 Å². The first kappa shape index (κ1) is 16.7. The Balaban J connectivity index is 0.00000161. The van der Waals surface area contributed by atoms with E-state index in [1.54, 1.807) is 0 Å². The number of nitrogens with one attached hydrogen (secondary N) is 1. The molecule has 2 saturated heterocycles. The van der Waals surface area contributed by atoms with Crippen molar-refractivity contribution in [2.75, 3.05) is 39.3 Å². The summed E-state index contributed by atoms with van der Waals surface area (Å²) in [5.41, 5.74) is 1.36. The molecular weight excluding hydrogens is 286 g/mol. The van der Waals surface area contributed by atoms with Crippen molar-refractivity contribution >= 4 is 12.4 Å². The molecule has 1 N–H and O–H groups in total. The molecule has 1 atom stereocenters. The average Bonchev–Trinajstić information content (AvgIpc) is 3.11. The van der Waals surface area contributed by atoms with Crippen LogP contribution in [-0.4, -0.2) is 64.9 Å². The van der Waals surface area contributed by atoms with Gasteiger partial charge >= 0.3 is 0 Å². The van der Waals surface area contributed by atoms with E-state index in [1.165, 1.54) is 38.2 Å². The third-order valence-corrected chi connectivity index (χ3v) is 4.46. The highest BCUT2D eigenvalue weighted by atomic mass is 35.5. The van der Waals surface area contributed by atoms with Gasteiger partial charge in [0.25, 0.3) is 0 Å². The molecule has 5 nitrogen and oxygen atoms in total. The zero-order chi connectivity index (χ0) is 13.8. The van der Waals surface area contributed by atoms with Gasteiger partial charge < -0.3 is 5.32 Å². The normalized spacial score (nSPS) is 24.1. The molecule has 0 saturated carbocycles. The van der Waals surface area contributed by atoms with Crippen molar-refractivity contribution in [1.82, 2.24) is 24.9 Å². The molecule has 3 heterocycles. The summed E-state index contributed by atoms with van der Waals surface area (Å²) in [5.74, 6) is 0. The second kappa shape index (κ2) is 8.13. The molecule has 2 fully saturated rings.